The molecule has 1 unspecified atom stereocenters. The van der Waals surface area contributed by atoms with Gasteiger partial charge in [0.25, 0.3) is 5.91 Å². The van der Waals surface area contributed by atoms with Crippen molar-refractivity contribution in [1.82, 2.24) is 25.2 Å². The zero-order valence-electron chi connectivity index (χ0n) is 23.7. The van der Waals surface area contributed by atoms with E-state index in [1.54, 1.807) is 38.3 Å². The Labute approximate surface area is 235 Å². The van der Waals surface area contributed by atoms with Crippen LogP contribution in [0.3, 0.4) is 0 Å². The zero-order valence-corrected chi connectivity index (χ0v) is 23.7. The third-order valence-electron chi connectivity index (χ3n) is 7.71. The molecule has 1 aliphatic carbocycles. The van der Waals surface area contributed by atoms with E-state index < -0.39 is 5.97 Å². The SMILES string of the molecule is C=CC1=C(/C(C)=C(\C)C(=O)O)CCC1NC(=O)c1cc(C(=C)NCc2ccc(CC)c(CC)c2)nc2ccnn12. The van der Waals surface area contributed by atoms with Crippen molar-refractivity contribution in [2.75, 3.05) is 0 Å². The number of benzene rings is 1. The lowest BCUT2D eigenvalue weighted by Crippen LogP contribution is -2.35. The van der Waals surface area contributed by atoms with Crippen molar-refractivity contribution >= 4 is 23.2 Å². The first kappa shape index (κ1) is 28.5. The maximum absolute atomic E-state index is 13.6. The van der Waals surface area contributed by atoms with E-state index in [2.05, 4.69) is 65.9 Å². The molecule has 40 heavy (non-hydrogen) atoms. The third-order valence-corrected chi connectivity index (χ3v) is 7.71. The van der Waals surface area contributed by atoms with Gasteiger partial charge in [-0.2, -0.15) is 5.10 Å². The number of allylic oxidation sites excluding steroid dienone is 2. The molecular weight excluding hydrogens is 502 g/mol. The number of hydrogen-bond donors (Lipinski definition) is 3. The number of amides is 1. The summed E-state index contributed by atoms with van der Waals surface area (Å²) in [4.78, 5) is 29.7. The molecule has 8 nitrogen and oxygen atoms in total. The summed E-state index contributed by atoms with van der Waals surface area (Å²) in [6, 6.07) is 9.67. The molecule has 3 N–H and O–H groups in total. The highest BCUT2D eigenvalue weighted by molar-refractivity contribution is 5.94. The fourth-order valence-corrected chi connectivity index (χ4v) is 5.23. The van der Waals surface area contributed by atoms with E-state index in [-0.39, 0.29) is 17.5 Å². The molecule has 1 amide bonds. The molecule has 0 radical (unpaired) electrons. The van der Waals surface area contributed by atoms with Crippen molar-refractivity contribution in [2.45, 2.75) is 66.0 Å². The molecule has 1 aliphatic rings. The number of aliphatic carboxylic acids is 1. The van der Waals surface area contributed by atoms with Gasteiger partial charge in [0, 0.05) is 18.2 Å². The number of aryl methyl sites for hydroxylation is 2. The highest BCUT2D eigenvalue weighted by Gasteiger charge is 2.28. The van der Waals surface area contributed by atoms with Gasteiger partial charge in [0.15, 0.2) is 5.65 Å². The second-order valence-corrected chi connectivity index (χ2v) is 10.0. The van der Waals surface area contributed by atoms with Gasteiger partial charge in [-0.25, -0.2) is 14.3 Å². The molecule has 4 rings (SSSR count). The van der Waals surface area contributed by atoms with E-state index in [0.717, 1.165) is 29.6 Å². The summed E-state index contributed by atoms with van der Waals surface area (Å²) >= 11 is 0. The van der Waals surface area contributed by atoms with E-state index in [0.29, 0.717) is 47.7 Å². The van der Waals surface area contributed by atoms with Crippen molar-refractivity contribution in [3.8, 4) is 0 Å². The predicted molar refractivity (Wildman–Crippen MR) is 158 cm³/mol. The first-order valence-corrected chi connectivity index (χ1v) is 13.6. The van der Waals surface area contributed by atoms with Crippen LogP contribution in [0.1, 0.15) is 73.4 Å². The Hall–Kier alpha value is -4.46. The largest absolute Gasteiger partial charge is 0.478 e. The third kappa shape index (κ3) is 5.76. The topological polar surface area (TPSA) is 109 Å². The zero-order chi connectivity index (χ0) is 29.0. The number of rotatable bonds is 11. The van der Waals surface area contributed by atoms with Gasteiger partial charge in [0.05, 0.1) is 23.6 Å². The molecule has 2 heterocycles. The minimum Gasteiger partial charge on any atom is -0.478 e. The summed E-state index contributed by atoms with van der Waals surface area (Å²) in [7, 11) is 0. The number of hydrogen-bond acceptors (Lipinski definition) is 5. The van der Waals surface area contributed by atoms with E-state index in [1.807, 2.05) is 0 Å². The monoisotopic (exact) mass is 539 g/mol. The minimum atomic E-state index is -0.955. The summed E-state index contributed by atoms with van der Waals surface area (Å²) in [5, 5.41) is 20.2. The molecule has 208 valence electrons. The smallest absolute Gasteiger partial charge is 0.331 e. The lowest BCUT2D eigenvalue weighted by atomic mass is 9.98. The maximum atomic E-state index is 13.6. The number of carboxylic acids is 1. The molecular formula is C32H37N5O3. The average Bonchev–Trinajstić information content (AvgIpc) is 3.60. The number of nitrogens with zero attached hydrogens (tertiary/aromatic N) is 3. The molecule has 3 aromatic rings. The van der Waals surface area contributed by atoms with E-state index in [1.165, 1.54) is 15.6 Å². The molecule has 0 aliphatic heterocycles. The number of nitrogens with one attached hydrogen (secondary N) is 2. The molecule has 1 aromatic carbocycles. The van der Waals surface area contributed by atoms with Gasteiger partial charge in [-0.3, -0.25) is 4.79 Å². The summed E-state index contributed by atoms with van der Waals surface area (Å²) in [5.41, 5.74) is 8.64. The number of carbonyl (C=O) groups is 2. The molecule has 0 saturated carbocycles. The van der Waals surface area contributed by atoms with Crippen LogP contribution in [-0.4, -0.2) is 37.6 Å². The van der Waals surface area contributed by atoms with Crippen LogP contribution in [0.15, 0.2) is 78.1 Å². The van der Waals surface area contributed by atoms with Crippen LogP contribution in [0, 0.1) is 0 Å². The van der Waals surface area contributed by atoms with Crippen LogP contribution in [-0.2, 0) is 24.2 Å². The van der Waals surface area contributed by atoms with Gasteiger partial charge in [-0.15, -0.1) is 0 Å². The maximum Gasteiger partial charge on any atom is 0.331 e. The van der Waals surface area contributed by atoms with E-state index >= 15 is 0 Å². The fourth-order valence-electron chi connectivity index (χ4n) is 5.23. The Balaban J connectivity index is 1.56. The van der Waals surface area contributed by atoms with Crippen LogP contribution >= 0.6 is 0 Å². The van der Waals surface area contributed by atoms with Gasteiger partial charge < -0.3 is 15.7 Å². The van der Waals surface area contributed by atoms with Gasteiger partial charge in [0.2, 0.25) is 0 Å². The summed E-state index contributed by atoms with van der Waals surface area (Å²) in [6.45, 7) is 16.4. The number of fused-ring (bicyclic) bond motifs is 1. The first-order valence-electron chi connectivity index (χ1n) is 13.6. The Kier molecular flexibility index (Phi) is 8.67. The number of aromatic nitrogens is 3. The van der Waals surface area contributed by atoms with Gasteiger partial charge in [-0.1, -0.05) is 51.3 Å². The number of carbonyl (C=O) groups excluding carboxylic acids is 1. The standard InChI is InChI=1S/C32H37N5O3/c1-7-23-11-10-22(16-24(23)8-2)18-33-21(6)28-17-29(37-30(35-28)14-15-34-37)31(38)36-27-13-12-26(25(27)9-3)19(4)20(5)32(39)40/h9-11,14-17,27,33H,3,6-8,12-13,18H2,1-2,4-5H3,(H,36,38)(H,39,40)/b20-19+. The van der Waals surface area contributed by atoms with Gasteiger partial charge in [-0.05, 0) is 79.0 Å². The van der Waals surface area contributed by atoms with Crippen molar-refractivity contribution < 1.29 is 14.7 Å². The summed E-state index contributed by atoms with van der Waals surface area (Å²) < 4.78 is 1.51. The average molecular weight is 540 g/mol. The Bertz CT molecular complexity index is 1560. The van der Waals surface area contributed by atoms with Crippen LogP contribution in [0.4, 0.5) is 0 Å². The molecule has 0 spiro atoms. The molecule has 0 bridgehead atoms. The lowest BCUT2D eigenvalue weighted by Gasteiger charge is -2.17. The van der Waals surface area contributed by atoms with Crippen molar-refractivity contribution in [3.63, 3.8) is 0 Å². The molecule has 8 heteroatoms. The Morgan fingerprint density at radius 3 is 2.58 bits per heavy atom. The van der Waals surface area contributed by atoms with Crippen LogP contribution in [0.25, 0.3) is 11.3 Å². The van der Waals surface area contributed by atoms with Crippen molar-refractivity contribution in [1.29, 1.82) is 0 Å². The number of carboxylic acid groups (broad SMARTS) is 1. The lowest BCUT2D eigenvalue weighted by molar-refractivity contribution is -0.132. The highest BCUT2D eigenvalue weighted by atomic mass is 16.4. The quantitative estimate of drug-likeness (QED) is 0.281. The van der Waals surface area contributed by atoms with Gasteiger partial charge >= 0.3 is 5.97 Å². The molecule has 0 saturated heterocycles. The van der Waals surface area contributed by atoms with Gasteiger partial charge in [0.1, 0.15) is 5.69 Å². The van der Waals surface area contributed by atoms with Crippen LogP contribution < -0.4 is 10.6 Å². The summed E-state index contributed by atoms with van der Waals surface area (Å²) in [6.07, 6.45) is 6.60. The van der Waals surface area contributed by atoms with Crippen molar-refractivity contribution in [2.24, 2.45) is 0 Å². The summed E-state index contributed by atoms with van der Waals surface area (Å²) in [5.74, 6) is -1.26. The molecule has 2 aromatic heterocycles. The van der Waals surface area contributed by atoms with Crippen molar-refractivity contribution in [3.05, 3.63) is 106 Å². The minimum absolute atomic E-state index is 0.289. The van der Waals surface area contributed by atoms with E-state index in [4.69, 9.17) is 0 Å². The fraction of sp³-hybridized carbons (Fsp3) is 0.312. The second-order valence-electron chi connectivity index (χ2n) is 10.0. The molecule has 1 atom stereocenters. The normalized spacial score (nSPS) is 15.7. The first-order chi connectivity index (χ1) is 19.2. The van der Waals surface area contributed by atoms with Crippen LogP contribution in [0.2, 0.25) is 0 Å². The Morgan fingerprint density at radius 2 is 1.90 bits per heavy atom. The van der Waals surface area contributed by atoms with Crippen LogP contribution in [0.5, 0.6) is 0 Å². The van der Waals surface area contributed by atoms with E-state index in [9.17, 15) is 14.7 Å². The Morgan fingerprint density at radius 1 is 1.15 bits per heavy atom. The predicted octanol–water partition coefficient (Wildman–Crippen LogP) is 5.41. The highest BCUT2D eigenvalue weighted by Crippen LogP contribution is 2.34. The second kappa shape index (κ2) is 12.2. The molecule has 0 fully saturated rings.